The van der Waals surface area contributed by atoms with E-state index in [9.17, 15) is 0 Å². The maximum atomic E-state index is 5.84. The first kappa shape index (κ1) is 23.1. The summed E-state index contributed by atoms with van der Waals surface area (Å²) in [7, 11) is 2.20. The van der Waals surface area contributed by atoms with E-state index in [0.29, 0.717) is 0 Å². The van der Waals surface area contributed by atoms with Gasteiger partial charge >= 0.3 is 0 Å². The summed E-state index contributed by atoms with van der Waals surface area (Å²) in [5, 5.41) is 8.66. The van der Waals surface area contributed by atoms with Crippen LogP contribution in [0.2, 0.25) is 0 Å². The zero-order valence-electron chi connectivity index (χ0n) is 18.4. The van der Waals surface area contributed by atoms with Crippen LogP contribution in [0.5, 0.6) is 5.75 Å². The largest absolute Gasteiger partial charge is 0.494 e. The van der Waals surface area contributed by atoms with Crippen LogP contribution in [0.3, 0.4) is 0 Å². The number of unbranched alkanes of at least 4 members (excludes halogenated alkanes) is 3. The minimum Gasteiger partial charge on any atom is -0.494 e. The van der Waals surface area contributed by atoms with Crippen molar-refractivity contribution in [1.29, 1.82) is 0 Å². The number of ether oxygens (including phenoxy) is 1. The number of aryl methyl sites for hydroxylation is 1. The average Bonchev–Trinajstić information content (AvgIpc) is 2.76. The molecule has 0 radical (unpaired) electrons. The molecular formula is C25H37N3O. The SMILES string of the molecule is CCCCc1ccc(N=Nc2ccc(OCCCCN(C)CCCC)cc2)cc1. The molecule has 2 aromatic carbocycles. The minimum atomic E-state index is 0.757. The number of azo groups is 1. The van der Waals surface area contributed by atoms with E-state index < -0.39 is 0 Å². The molecule has 0 heterocycles. The van der Waals surface area contributed by atoms with Crippen molar-refractivity contribution in [3.8, 4) is 5.75 Å². The van der Waals surface area contributed by atoms with Crippen LogP contribution < -0.4 is 4.74 Å². The van der Waals surface area contributed by atoms with Crippen LogP contribution in [0.25, 0.3) is 0 Å². The zero-order valence-corrected chi connectivity index (χ0v) is 18.4. The minimum absolute atomic E-state index is 0.757. The Bertz CT molecular complexity index is 695. The lowest BCUT2D eigenvalue weighted by atomic mass is 10.1. The van der Waals surface area contributed by atoms with Gasteiger partial charge in [0.1, 0.15) is 5.75 Å². The second kappa shape index (κ2) is 13.9. The molecule has 4 heteroatoms. The van der Waals surface area contributed by atoms with Crippen molar-refractivity contribution in [2.24, 2.45) is 10.2 Å². The van der Waals surface area contributed by atoms with Gasteiger partial charge in [0.05, 0.1) is 18.0 Å². The first-order valence-corrected chi connectivity index (χ1v) is 11.1. The lowest BCUT2D eigenvalue weighted by Crippen LogP contribution is -2.21. The lowest BCUT2D eigenvalue weighted by Gasteiger charge is -2.15. The Morgan fingerprint density at radius 2 is 1.31 bits per heavy atom. The molecule has 4 nitrogen and oxygen atoms in total. The van der Waals surface area contributed by atoms with E-state index in [-0.39, 0.29) is 0 Å². The van der Waals surface area contributed by atoms with Crippen LogP contribution in [0.15, 0.2) is 58.8 Å². The van der Waals surface area contributed by atoms with Gasteiger partial charge in [0.2, 0.25) is 0 Å². The highest BCUT2D eigenvalue weighted by atomic mass is 16.5. The van der Waals surface area contributed by atoms with Gasteiger partial charge in [0, 0.05) is 0 Å². The van der Waals surface area contributed by atoms with Crippen molar-refractivity contribution >= 4 is 11.4 Å². The van der Waals surface area contributed by atoms with Gasteiger partial charge in [-0.2, -0.15) is 10.2 Å². The predicted molar refractivity (Wildman–Crippen MR) is 123 cm³/mol. The molecule has 2 rings (SSSR count). The maximum Gasteiger partial charge on any atom is 0.119 e. The van der Waals surface area contributed by atoms with Crippen LogP contribution in [-0.4, -0.2) is 31.6 Å². The van der Waals surface area contributed by atoms with Crippen LogP contribution in [0, 0.1) is 0 Å². The molecule has 158 valence electrons. The van der Waals surface area contributed by atoms with Gasteiger partial charge < -0.3 is 9.64 Å². The second-order valence-electron chi connectivity index (χ2n) is 7.68. The quantitative estimate of drug-likeness (QED) is 0.248. The van der Waals surface area contributed by atoms with Gasteiger partial charge in [-0.15, -0.1) is 0 Å². The van der Waals surface area contributed by atoms with E-state index in [4.69, 9.17) is 4.74 Å². The molecular weight excluding hydrogens is 358 g/mol. The summed E-state index contributed by atoms with van der Waals surface area (Å²) in [6, 6.07) is 16.2. The molecule has 0 N–H and O–H groups in total. The Labute approximate surface area is 177 Å². The fourth-order valence-corrected chi connectivity index (χ4v) is 3.05. The lowest BCUT2D eigenvalue weighted by molar-refractivity contribution is 0.277. The van der Waals surface area contributed by atoms with Crippen molar-refractivity contribution in [2.75, 3.05) is 26.7 Å². The van der Waals surface area contributed by atoms with Crippen LogP contribution in [0.1, 0.15) is 57.9 Å². The first-order chi connectivity index (χ1) is 14.2. The third kappa shape index (κ3) is 9.71. The monoisotopic (exact) mass is 395 g/mol. The number of hydrogen-bond donors (Lipinski definition) is 0. The number of benzene rings is 2. The van der Waals surface area contributed by atoms with Gasteiger partial charge in [-0.05, 0) is 94.2 Å². The van der Waals surface area contributed by atoms with Crippen LogP contribution >= 0.6 is 0 Å². The molecule has 29 heavy (non-hydrogen) atoms. The van der Waals surface area contributed by atoms with Gasteiger partial charge in [0.25, 0.3) is 0 Å². The molecule has 0 saturated heterocycles. The van der Waals surface area contributed by atoms with Crippen molar-refractivity contribution < 1.29 is 4.74 Å². The van der Waals surface area contributed by atoms with Gasteiger partial charge in [-0.1, -0.05) is 38.8 Å². The van der Waals surface area contributed by atoms with E-state index in [2.05, 4.69) is 48.2 Å². The molecule has 0 bridgehead atoms. The maximum absolute atomic E-state index is 5.84. The van der Waals surface area contributed by atoms with E-state index in [1.807, 2.05) is 36.4 Å². The molecule has 0 aliphatic rings. The van der Waals surface area contributed by atoms with Crippen molar-refractivity contribution in [2.45, 2.75) is 58.8 Å². The summed E-state index contributed by atoms with van der Waals surface area (Å²) in [4.78, 5) is 2.40. The summed E-state index contributed by atoms with van der Waals surface area (Å²) in [6.07, 6.45) is 8.36. The summed E-state index contributed by atoms with van der Waals surface area (Å²) in [5.41, 5.74) is 3.08. The third-order valence-electron chi connectivity index (χ3n) is 4.97. The van der Waals surface area contributed by atoms with E-state index >= 15 is 0 Å². The Kier molecular flexibility index (Phi) is 11.1. The smallest absolute Gasteiger partial charge is 0.119 e. The van der Waals surface area contributed by atoms with E-state index in [0.717, 1.165) is 43.1 Å². The first-order valence-electron chi connectivity index (χ1n) is 11.1. The molecule has 0 aromatic heterocycles. The summed E-state index contributed by atoms with van der Waals surface area (Å²) < 4.78 is 5.84. The van der Waals surface area contributed by atoms with E-state index in [1.54, 1.807) is 0 Å². The highest BCUT2D eigenvalue weighted by Crippen LogP contribution is 2.22. The molecule has 0 spiro atoms. The molecule has 2 aromatic rings. The number of nitrogens with zero attached hydrogens (tertiary/aromatic N) is 3. The highest BCUT2D eigenvalue weighted by molar-refractivity contribution is 5.43. The molecule has 0 fully saturated rings. The molecule has 0 aliphatic heterocycles. The third-order valence-corrected chi connectivity index (χ3v) is 4.97. The Hall–Kier alpha value is -2.20. The average molecular weight is 396 g/mol. The summed E-state index contributed by atoms with van der Waals surface area (Å²) in [6.45, 7) is 7.54. The van der Waals surface area contributed by atoms with E-state index in [1.165, 1.54) is 44.2 Å². The second-order valence-corrected chi connectivity index (χ2v) is 7.68. The number of rotatable bonds is 14. The van der Waals surface area contributed by atoms with Crippen LogP contribution in [0.4, 0.5) is 11.4 Å². The van der Waals surface area contributed by atoms with Crippen molar-refractivity contribution in [1.82, 2.24) is 4.90 Å². The molecule has 0 amide bonds. The Morgan fingerprint density at radius 1 is 0.724 bits per heavy atom. The summed E-state index contributed by atoms with van der Waals surface area (Å²) in [5.74, 6) is 0.892. The van der Waals surface area contributed by atoms with Crippen molar-refractivity contribution in [3.63, 3.8) is 0 Å². The standard InChI is InChI=1S/C25H37N3O/c1-4-6-10-22-11-13-23(14-12-22)26-27-24-15-17-25(18-16-24)29-21-9-8-20-28(3)19-7-5-2/h11-18H,4-10,19-21H2,1-3H3. The topological polar surface area (TPSA) is 37.2 Å². The van der Waals surface area contributed by atoms with Crippen molar-refractivity contribution in [3.05, 3.63) is 54.1 Å². The van der Waals surface area contributed by atoms with Crippen LogP contribution in [-0.2, 0) is 6.42 Å². The zero-order chi connectivity index (χ0) is 20.7. The number of hydrogen-bond acceptors (Lipinski definition) is 4. The fraction of sp³-hybridized carbons (Fsp3) is 0.520. The highest BCUT2D eigenvalue weighted by Gasteiger charge is 1.99. The summed E-state index contributed by atoms with van der Waals surface area (Å²) >= 11 is 0. The molecule has 0 atom stereocenters. The molecule has 0 unspecified atom stereocenters. The molecule has 0 aliphatic carbocycles. The predicted octanol–water partition coefficient (Wildman–Crippen LogP) is 7.34. The van der Waals surface area contributed by atoms with Gasteiger partial charge in [0.15, 0.2) is 0 Å². The Balaban J connectivity index is 1.69. The molecule has 0 saturated carbocycles. The normalized spacial score (nSPS) is 11.4. The fourth-order valence-electron chi connectivity index (χ4n) is 3.05. The van der Waals surface area contributed by atoms with Gasteiger partial charge in [-0.25, -0.2) is 0 Å². The van der Waals surface area contributed by atoms with Gasteiger partial charge in [-0.3, -0.25) is 0 Å². The Morgan fingerprint density at radius 3 is 1.93 bits per heavy atom.